The Morgan fingerprint density at radius 2 is 1.90 bits per heavy atom. The zero-order chi connectivity index (χ0) is 14.7. The molecule has 0 saturated heterocycles. The lowest BCUT2D eigenvalue weighted by atomic mass is 10.0. The molecular weight excluding hydrogens is 256 g/mol. The van der Waals surface area contributed by atoms with Gasteiger partial charge in [-0.2, -0.15) is 0 Å². The first-order chi connectivity index (χ1) is 9.71. The van der Waals surface area contributed by atoms with E-state index in [1.807, 2.05) is 6.07 Å². The third-order valence-electron chi connectivity index (χ3n) is 3.84. The maximum absolute atomic E-state index is 5.99. The Labute approximate surface area is 120 Å². The summed E-state index contributed by atoms with van der Waals surface area (Å²) in [5, 5.41) is 0. The van der Waals surface area contributed by atoms with E-state index in [0.29, 0.717) is 18.0 Å². The van der Waals surface area contributed by atoms with Crippen molar-refractivity contribution >= 4 is 0 Å². The van der Waals surface area contributed by atoms with Crippen LogP contribution in [-0.2, 0) is 6.54 Å². The normalized spacial score (nSPS) is 17.9. The van der Waals surface area contributed by atoms with Gasteiger partial charge in [0.05, 0.1) is 27.4 Å². The summed E-state index contributed by atoms with van der Waals surface area (Å²) in [5.74, 6) is 2.10. The zero-order valence-corrected chi connectivity index (χ0v) is 12.7. The van der Waals surface area contributed by atoms with Crippen LogP contribution in [0.2, 0.25) is 0 Å². The highest BCUT2D eigenvalue weighted by molar-refractivity contribution is 5.61. The Kier molecular flexibility index (Phi) is 4.73. The molecule has 2 rings (SSSR count). The van der Waals surface area contributed by atoms with Crippen LogP contribution in [0.5, 0.6) is 17.2 Å². The Morgan fingerprint density at radius 1 is 1.20 bits per heavy atom. The van der Waals surface area contributed by atoms with Crippen molar-refractivity contribution in [2.75, 3.05) is 34.4 Å². The van der Waals surface area contributed by atoms with E-state index in [0.717, 1.165) is 30.8 Å². The summed E-state index contributed by atoms with van der Waals surface area (Å²) in [7, 11) is 4.93. The zero-order valence-electron chi connectivity index (χ0n) is 12.7. The molecule has 0 bridgehead atoms. The van der Waals surface area contributed by atoms with Gasteiger partial charge < -0.3 is 19.9 Å². The van der Waals surface area contributed by atoms with E-state index in [-0.39, 0.29) is 6.04 Å². The van der Waals surface area contributed by atoms with Crippen molar-refractivity contribution in [2.45, 2.75) is 25.9 Å². The van der Waals surface area contributed by atoms with Crippen molar-refractivity contribution in [1.82, 2.24) is 4.90 Å². The van der Waals surface area contributed by atoms with E-state index in [2.05, 4.69) is 11.8 Å². The van der Waals surface area contributed by atoms with Crippen molar-refractivity contribution in [3.05, 3.63) is 17.2 Å². The summed E-state index contributed by atoms with van der Waals surface area (Å²) in [6.07, 6.45) is 1.10. The molecule has 1 aromatic carbocycles. The average Bonchev–Trinajstić information content (AvgIpc) is 2.82. The molecule has 1 heterocycles. The van der Waals surface area contributed by atoms with E-state index in [1.165, 1.54) is 5.56 Å². The molecule has 0 fully saturated rings. The van der Waals surface area contributed by atoms with Crippen LogP contribution in [0, 0.1) is 0 Å². The van der Waals surface area contributed by atoms with E-state index in [4.69, 9.17) is 19.9 Å². The minimum atomic E-state index is 0.180. The van der Waals surface area contributed by atoms with Crippen molar-refractivity contribution in [1.29, 1.82) is 0 Å². The average molecular weight is 280 g/mol. The Bertz CT molecular complexity index is 477. The highest BCUT2D eigenvalue weighted by Crippen LogP contribution is 2.48. The first kappa shape index (κ1) is 14.9. The molecule has 1 aromatic rings. The predicted molar refractivity (Wildman–Crippen MR) is 78.6 cm³/mol. The highest BCUT2D eigenvalue weighted by Gasteiger charge is 2.34. The van der Waals surface area contributed by atoms with Crippen LogP contribution in [0.25, 0.3) is 0 Å². The lowest BCUT2D eigenvalue weighted by Gasteiger charge is -2.24. The maximum atomic E-state index is 5.99. The fourth-order valence-electron chi connectivity index (χ4n) is 3.03. The molecule has 0 saturated carbocycles. The van der Waals surface area contributed by atoms with Gasteiger partial charge in [-0.25, -0.2) is 0 Å². The van der Waals surface area contributed by atoms with Gasteiger partial charge in [0.25, 0.3) is 0 Å². The largest absolute Gasteiger partial charge is 0.493 e. The Balaban J connectivity index is 2.55. The maximum Gasteiger partial charge on any atom is 0.203 e. The molecule has 1 atom stereocenters. The number of rotatable bonds is 6. The summed E-state index contributed by atoms with van der Waals surface area (Å²) >= 11 is 0. The summed E-state index contributed by atoms with van der Waals surface area (Å²) < 4.78 is 16.5. The number of methoxy groups -OCH3 is 3. The van der Waals surface area contributed by atoms with E-state index in [9.17, 15) is 0 Å². The molecule has 2 N–H and O–H groups in total. The molecule has 0 aromatic heterocycles. The van der Waals surface area contributed by atoms with E-state index in [1.54, 1.807) is 21.3 Å². The van der Waals surface area contributed by atoms with Gasteiger partial charge in [-0.1, -0.05) is 6.92 Å². The molecule has 0 amide bonds. The molecule has 0 radical (unpaired) electrons. The van der Waals surface area contributed by atoms with Crippen LogP contribution >= 0.6 is 0 Å². The molecule has 0 aliphatic carbocycles. The number of nitrogens with zero attached hydrogens (tertiary/aromatic N) is 1. The van der Waals surface area contributed by atoms with Gasteiger partial charge in [-0.05, 0) is 24.6 Å². The summed E-state index contributed by atoms with van der Waals surface area (Å²) in [4.78, 5) is 2.38. The molecule has 1 aliphatic rings. The number of nitrogens with two attached hydrogens (primary N) is 1. The van der Waals surface area contributed by atoms with Crippen LogP contribution < -0.4 is 19.9 Å². The van der Waals surface area contributed by atoms with Gasteiger partial charge in [-0.3, -0.25) is 4.90 Å². The molecular formula is C15H24N2O3. The van der Waals surface area contributed by atoms with E-state index < -0.39 is 0 Å². The van der Waals surface area contributed by atoms with Gasteiger partial charge in [0.15, 0.2) is 11.5 Å². The standard InChI is InChI=1S/C15H24N2O3/c1-5-6-17-9-10-7-12(18-2)14(19-3)15(20-4)13(10)11(17)8-16/h7,11H,5-6,8-9,16H2,1-4H3. The summed E-state index contributed by atoms with van der Waals surface area (Å²) in [6, 6.07) is 2.22. The van der Waals surface area contributed by atoms with E-state index >= 15 is 0 Å². The Morgan fingerprint density at radius 3 is 2.40 bits per heavy atom. The molecule has 5 heteroatoms. The lowest BCUT2D eigenvalue weighted by Crippen LogP contribution is -2.28. The van der Waals surface area contributed by atoms with Crippen molar-refractivity contribution in [2.24, 2.45) is 5.73 Å². The second-order valence-corrected chi connectivity index (χ2v) is 4.94. The predicted octanol–water partition coefficient (Wildman–Crippen LogP) is 1.94. The molecule has 0 spiro atoms. The minimum absolute atomic E-state index is 0.180. The molecule has 1 aliphatic heterocycles. The van der Waals surface area contributed by atoms with Gasteiger partial charge >= 0.3 is 0 Å². The van der Waals surface area contributed by atoms with Crippen molar-refractivity contribution in [3.63, 3.8) is 0 Å². The lowest BCUT2D eigenvalue weighted by molar-refractivity contribution is 0.217. The quantitative estimate of drug-likeness (QED) is 0.863. The minimum Gasteiger partial charge on any atom is -0.493 e. The van der Waals surface area contributed by atoms with Crippen LogP contribution in [0.15, 0.2) is 6.07 Å². The smallest absolute Gasteiger partial charge is 0.203 e. The van der Waals surface area contributed by atoms with Gasteiger partial charge in [0, 0.05) is 18.7 Å². The molecule has 20 heavy (non-hydrogen) atoms. The monoisotopic (exact) mass is 280 g/mol. The van der Waals surface area contributed by atoms with Gasteiger partial charge in [0.1, 0.15) is 0 Å². The fourth-order valence-corrected chi connectivity index (χ4v) is 3.03. The topological polar surface area (TPSA) is 57.0 Å². The number of fused-ring (bicyclic) bond motifs is 1. The summed E-state index contributed by atoms with van der Waals surface area (Å²) in [6.45, 7) is 4.64. The highest BCUT2D eigenvalue weighted by atomic mass is 16.5. The van der Waals surface area contributed by atoms with Gasteiger partial charge in [0.2, 0.25) is 5.75 Å². The second kappa shape index (κ2) is 6.33. The number of benzene rings is 1. The Hall–Kier alpha value is -1.46. The second-order valence-electron chi connectivity index (χ2n) is 4.94. The van der Waals surface area contributed by atoms with Crippen LogP contribution in [-0.4, -0.2) is 39.3 Å². The third kappa shape index (κ3) is 2.31. The molecule has 112 valence electrons. The number of ether oxygens (including phenoxy) is 3. The molecule has 5 nitrogen and oxygen atoms in total. The molecule has 1 unspecified atom stereocenters. The first-order valence-electron chi connectivity index (χ1n) is 6.97. The SMILES string of the molecule is CCCN1Cc2cc(OC)c(OC)c(OC)c2C1CN. The summed E-state index contributed by atoms with van der Waals surface area (Å²) in [5.41, 5.74) is 8.34. The third-order valence-corrected chi connectivity index (χ3v) is 3.84. The van der Waals surface area contributed by atoms with Gasteiger partial charge in [-0.15, -0.1) is 0 Å². The van der Waals surface area contributed by atoms with Crippen molar-refractivity contribution in [3.8, 4) is 17.2 Å². The number of hydrogen-bond acceptors (Lipinski definition) is 5. The van der Waals surface area contributed by atoms with Crippen LogP contribution in [0.3, 0.4) is 0 Å². The van der Waals surface area contributed by atoms with Crippen LogP contribution in [0.1, 0.15) is 30.5 Å². The van der Waals surface area contributed by atoms with Crippen LogP contribution in [0.4, 0.5) is 0 Å². The number of hydrogen-bond donors (Lipinski definition) is 1. The van der Waals surface area contributed by atoms with Crippen molar-refractivity contribution < 1.29 is 14.2 Å². The fraction of sp³-hybridized carbons (Fsp3) is 0.600. The first-order valence-corrected chi connectivity index (χ1v) is 6.97.